The summed E-state index contributed by atoms with van der Waals surface area (Å²) >= 11 is 3.43. The van der Waals surface area contributed by atoms with Gasteiger partial charge in [-0.2, -0.15) is 4.98 Å². The quantitative estimate of drug-likeness (QED) is 0.161. The summed E-state index contributed by atoms with van der Waals surface area (Å²) in [5.74, 6) is -0.601. The Balaban J connectivity index is 1.50. The molecule has 13 heteroatoms. The minimum absolute atomic E-state index is 0.00977. The second-order valence-corrected chi connectivity index (χ2v) is 10.7. The van der Waals surface area contributed by atoms with E-state index in [1.807, 2.05) is 24.3 Å². The van der Waals surface area contributed by atoms with E-state index in [1.54, 1.807) is 18.0 Å². The lowest BCUT2D eigenvalue weighted by molar-refractivity contribution is -0.162. The van der Waals surface area contributed by atoms with Crippen LogP contribution in [0.2, 0.25) is 0 Å². The monoisotopic (exact) mass is 603 g/mol. The van der Waals surface area contributed by atoms with Crippen molar-refractivity contribution in [3.8, 4) is 0 Å². The first-order valence-corrected chi connectivity index (χ1v) is 13.4. The van der Waals surface area contributed by atoms with Gasteiger partial charge in [0.05, 0.1) is 11.0 Å². The molecule has 1 saturated heterocycles. The van der Waals surface area contributed by atoms with Crippen LogP contribution in [0.25, 0.3) is 0 Å². The van der Waals surface area contributed by atoms with Gasteiger partial charge >= 0.3 is 5.97 Å². The average Bonchev–Trinajstić information content (AvgIpc) is 2.88. The highest BCUT2D eigenvalue weighted by Gasteiger charge is 2.33. The number of carbonyl (C=O) groups excluding carboxylic acids is 4. The highest BCUT2D eigenvalue weighted by Crippen LogP contribution is 2.23. The molecule has 210 valence electrons. The van der Waals surface area contributed by atoms with Crippen LogP contribution in [0.3, 0.4) is 0 Å². The Morgan fingerprint density at radius 1 is 1.26 bits per heavy atom. The molecule has 3 rings (SSSR count). The molecule has 2 aromatic rings. The molecule has 0 aliphatic carbocycles. The third-order valence-electron chi connectivity index (χ3n) is 6.15. The number of morpholine rings is 1. The number of primary amides is 1. The number of carbonyl (C=O) groups is 4. The molecule has 1 aliphatic rings. The molecule has 12 nitrogen and oxygen atoms in total. The number of nitrogens with one attached hydrogen (secondary N) is 3. The van der Waals surface area contributed by atoms with Crippen molar-refractivity contribution in [3.05, 3.63) is 40.5 Å². The fourth-order valence-corrected chi connectivity index (χ4v) is 4.08. The third kappa shape index (κ3) is 8.63. The molecule has 0 unspecified atom stereocenters. The van der Waals surface area contributed by atoms with Crippen molar-refractivity contribution < 1.29 is 23.9 Å². The summed E-state index contributed by atoms with van der Waals surface area (Å²) < 4.78 is 5.76. The van der Waals surface area contributed by atoms with Crippen LogP contribution in [-0.2, 0) is 30.3 Å². The predicted octanol–water partition coefficient (Wildman–Crippen LogP) is 2.12. The van der Waals surface area contributed by atoms with Gasteiger partial charge in [0.2, 0.25) is 23.7 Å². The molecule has 39 heavy (non-hydrogen) atoms. The van der Waals surface area contributed by atoms with Crippen LogP contribution < -0.4 is 21.7 Å². The van der Waals surface area contributed by atoms with E-state index in [1.165, 1.54) is 13.8 Å². The molecule has 1 aromatic carbocycles. The minimum Gasteiger partial charge on any atom is -0.459 e. The van der Waals surface area contributed by atoms with Crippen molar-refractivity contribution >= 4 is 57.1 Å². The van der Waals surface area contributed by atoms with Gasteiger partial charge in [0.15, 0.2) is 0 Å². The topological polar surface area (TPSA) is 169 Å². The van der Waals surface area contributed by atoms with Crippen LogP contribution >= 0.6 is 15.9 Å². The lowest BCUT2D eigenvalue weighted by Crippen LogP contribution is -2.47. The first kappa shape index (κ1) is 29.8. The fourth-order valence-electron chi connectivity index (χ4n) is 3.74. The molecule has 0 bridgehead atoms. The van der Waals surface area contributed by atoms with Gasteiger partial charge in [-0.05, 0) is 67.2 Å². The van der Waals surface area contributed by atoms with Crippen LogP contribution in [-0.4, -0.2) is 70.8 Å². The Morgan fingerprint density at radius 2 is 2.03 bits per heavy atom. The van der Waals surface area contributed by atoms with Crippen molar-refractivity contribution in [2.75, 3.05) is 36.8 Å². The van der Waals surface area contributed by atoms with Crippen LogP contribution in [0.5, 0.6) is 0 Å². The van der Waals surface area contributed by atoms with E-state index >= 15 is 0 Å². The van der Waals surface area contributed by atoms with Gasteiger partial charge in [-0.3, -0.25) is 19.2 Å². The third-order valence-corrected chi connectivity index (χ3v) is 6.73. The molecule has 0 spiro atoms. The van der Waals surface area contributed by atoms with Gasteiger partial charge < -0.3 is 31.3 Å². The molecule has 0 radical (unpaired) electrons. The number of nitrogens with zero attached hydrogens (tertiary/aromatic N) is 3. The van der Waals surface area contributed by atoms with Crippen molar-refractivity contribution in [1.29, 1.82) is 0 Å². The summed E-state index contributed by atoms with van der Waals surface area (Å²) in [5, 5.41) is 9.09. The summed E-state index contributed by atoms with van der Waals surface area (Å²) in [4.78, 5) is 58.0. The number of aromatic nitrogens is 2. The lowest BCUT2D eigenvalue weighted by Gasteiger charge is -2.30. The van der Waals surface area contributed by atoms with Crippen LogP contribution in [0.4, 0.5) is 17.5 Å². The zero-order chi connectivity index (χ0) is 28.6. The van der Waals surface area contributed by atoms with E-state index in [0.29, 0.717) is 48.7 Å². The lowest BCUT2D eigenvalue weighted by atomic mass is 9.91. The predicted molar refractivity (Wildman–Crippen MR) is 149 cm³/mol. The van der Waals surface area contributed by atoms with Crippen molar-refractivity contribution in [1.82, 2.24) is 20.2 Å². The number of hydrogen-bond acceptors (Lipinski definition) is 9. The molecular formula is C26H34BrN7O5. The Hall–Kier alpha value is -3.74. The molecule has 0 saturated carbocycles. The zero-order valence-electron chi connectivity index (χ0n) is 22.3. The highest BCUT2D eigenvalue weighted by molar-refractivity contribution is 9.10. The van der Waals surface area contributed by atoms with E-state index in [4.69, 9.17) is 10.5 Å². The number of amides is 3. The van der Waals surface area contributed by atoms with Gasteiger partial charge in [0.1, 0.15) is 23.9 Å². The van der Waals surface area contributed by atoms with Gasteiger partial charge in [-0.15, -0.1) is 0 Å². The maximum Gasteiger partial charge on any atom is 0.325 e. The van der Waals surface area contributed by atoms with Crippen LogP contribution in [0.15, 0.2) is 34.9 Å². The maximum absolute atomic E-state index is 12.6. The van der Waals surface area contributed by atoms with E-state index < -0.39 is 17.2 Å². The first-order valence-electron chi connectivity index (χ1n) is 12.6. The average molecular weight is 605 g/mol. The molecule has 1 fully saturated rings. The summed E-state index contributed by atoms with van der Waals surface area (Å²) in [6.45, 7) is 6.03. The largest absolute Gasteiger partial charge is 0.459 e. The standard InChI is InChI=1S/C26H34BrN7O5/c1-16-14-34(15-21(36)39-16)20(35)9-8-17-6-4-7-18(12-17)32-25-31-13-19(27)22(33-25)29-10-5-11-30-24(38)26(2,3)23(28)37/h4,6-7,12-13,16H,5,8-11,14-15H2,1-3H3,(H2,28,37)(H,30,38)(H2,29,31,32,33)/t16-/m0/s1. The SMILES string of the molecule is C[C@H]1CN(C(=O)CCc2cccc(Nc3ncc(Br)c(NCCCNC(=O)C(C)(C)C(N)=O)n3)c2)CC(=O)O1. The fraction of sp³-hybridized carbons (Fsp3) is 0.462. The number of halogens is 1. The zero-order valence-corrected chi connectivity index (χ0v) is 23.8. The Labute approximate surface area is 235 Å². The smallest absolute Gasteiger partial charge is 0.325 e. The number of hydrogen-bond donors (Lipinski definition) is 4. The number of anilines is 3. The van der Waals surface area contributed by atoms with E-state index in [2.05, 4.69) is 41.8 Å². The second kappa shape index (κ2) is 13.4. The van der Waals surface area contributed by atoms with E-state index in [9.17, 15) is 19.2 Å². The Kier molecular flexibility index (Phi) is 10.2. The van der Waals surface area contributed by atoms with Gasteiger partial charge in [-0.1, -0.05) is 12.1 Å². The second-order valence-electron chi connectivity index (χ2n) is 9.82. The van der Waals surface area contributed by atoms with Gasteiger partial charge in [-0.25, -0.2) is 4.98 Å². The maximum atomic E-state index is 12.6. The van der Waals surface area contributed by atoms with E-state index in [0.717, 1.165) is 11.3 Å². The molecule has 1 aromatic heterocycles. The van der Waals surface area contributed by atoms with Crippen molar-refractivity contribution in [2.24, 2.45) is 11.1 Å². The van der Waals surface area contributed by atoms with Gasteiger partial charge in [0.25, 0.3) is 0 Å². The summed E-state index contributed by atoms with van der Waals surface area (Å²) in [7, 11) is 0. The Morgan fingerprint density at radius 3 is 2.74 bits per heavy atom. The van der Waals surface area contributed by atoms with Crippen molar-refractivity contribution in [2.45, 2.75) is 46.1 Å². The van der Waals surface area contributed by atoms with Crippen molar-refractivity contribution in [3.63, 3.8) is 0 Å². The number of aryl methyl sites for hydroxylation is 1. The molecule has 1 atom stereocenters. The minimum atomic E-state index is -1.27. The van der Waals surface area contributed by atoms with E-state index in [-0.39, 0.29) is 30.9 Å². The molecule has 3 amide bonds. The molecule has 2 heterocycles. The number of esters is 1. The number of nitrogens with two attached hydrogens (primary N) is 1. The Bertz CT molecular complexity index is 1220. The summed E-state index contributed by atoms with van der Waals surface area (Å²) in [6.07, 6.45) is 2.73. The molecular weight excluding hydrogens is 570 g/mol. The van der Waals surface area contributed by atoms with Crippen LogP contribution in [0.1, 0.15) is 39.2 Å². The summed E-state index contributed by atoms with van der Waals surface area (Å²) in [6, 6.07) is 7.62. The normalized spacial score (nSPS) is 15.3. The first-order chi connectivity index (χ1) is 18.5. The summed E-state index contributed by atoms with van der Waals surface area (Å²) in [5.41, 5.74) is 5.73. The number of benzene rings is 1. The number of ether oxygens (including phenoxy) is 1. The molecule has 5 N–H and O–H groups in total. The number of rotatable bonds is 12. The number of cyclic esters (lactones) is 1. The highest BCUT2D eigenvalue weighted by atomic mass is 79.9. The van der Waals surface area contributed by atoms with Crippen LogP contribution in [0, 0.1) is 5.41 Å². The molecule has 1 aliphatic heterocycles. The van der Waals surface area contributed by atoms with Gasteiger partial charge in [0, 0.05) is 31.4 Å².